The molecule has 4 N–H and O–H groups in total. The van der Waals surface area contributed by atoms with Crippen molar-refractivity contribution in [2.24, 2.45) is 5.92 Å². The van der Waals surface area contributed by atoms with Crippen LogP contribution < -0.4 is 20.7 Å². The minimum Gasteiger partial charge on any atom is -0.490 e. The highest BCUT2D eigenvalue weighted by Gasteiger charge is 2.31. The summed E-state index contributed by atoms with van der Waals surface area (Å²) < 4.78 is 12.6. The van der Waals surface area contributed by atoms with Gasteiger partial charge in [-0.2, -0.15) is 0 Å². The summed E-state index contributed by atoms with van der Waals surface area (Å²) in [7, 11) is 1.79. The largest absolute Gasteiger partial charge is 0.490 e. The molecule has 1 heterocycles. The van der Waals surface area contributed by atoms with E-state index in [1.807, 2.05) is 27.7 Å². The molecule has 1 aromatic rings. The highest BCUT2D eigenvalue weighted by atomic mass is 16.5. The molecule has 0 radical (unpaired) electrons. The average molecular weight is 618 g/mol. The average Bonchev–Trinajstić information content (AvgIpc) is 2.98. The van der Waals surface area contributed by atoms with Gasteiger partial charge in [-0.1, -0.05) is 26.2 Å². The number of anilines is 1. The molecule has 2 aliphatic rings. The van der Waals surface area contributed by atoms with E-state index in [9.17, 15) is 19.5 Å². The number of nitrogens with one attached hydrogen (secondary N) is 3. The number of likely N-dealkylation sites (N-methyl/N-ethyl adjacent to an activating group) is 1. The lowest BCUT2D eigenvalue weighted by Gasteiger charge is -2.36. The molecule has 4 atom stereocenters. The number of ether oxygens (including phenoxy) is 2. The van der Waals surface area contributed by atoms with Crippen LogP contribution in [-0.4, -0.2) is 96.6 Å². The van der Waals surface area contributed by atoms with E-state index in [0.29, 0.717) is 36.7 Å². The van der Waals surface area contributed by atoms with Crippen molar-refractivity contribution in [2.45, 2.75) is 116 Å². The van der Waals surface area contributed by atoms with Gasteiger partial charge in [-0.15, -0.1) is 0 Å². The molecule has 11 nitrogen and oxygen atoms in total. The highest BCUT2D eigenvalue weighted by molar-refractivity contribution is 5.99. The smallest absolute Gasteiger partial charge is 0.319 e. The van der Waals surface area contributed by atoms with Gasteiger partial charge in [0, 0.05) is 50.4 Å². The zero-order valence-corrected chi connectivity index (χ0v) is 27.6. The molecule has 5 amide bonds. The number of fused-ring (bicyclic) bond motifs is 1. The third kappa shape index (κ3) is 10.8. The van der Waals surface area contributed by atoms with Gasteiger partial charge >= 0.3 is 12.1 Å². The third-order valence-corrected chi connectivity index (χ3v) is 8.46. The minimum absolute atomic E-state index is 0.0481. The fraction of sp³-hybridized carbons (Fsp3) is 0.727. The van der Waals surface area contributed by atoms with Crippen LogP contribution in [0.1, 0.15) is 96.3 Å². The number of amides is 5. The number of aliphatic hydroxyl groups excluding tert-OH is 1. The van der Waals surface area contributed by atoms with Crippen LogP contribution >= 0.6 is 0 Å². The number of carbonyl (C=O) groups is 3. The number of urea groups is 2. The summed E-state index contributed by atoms with van der Waals surface area (Å²) in [5, 5.41) is 18.9. The van der Waals surface area contributed by atoms with Crippen LogP contribution in [0.25, 0.3) is 0 Å². The van der Waals surface area contributed by atoms with E-state index in [2.05, 4.69) is 16.0 Å². The summed E-state index contributed by atoms with van der Waals surface area (Å²) in [6.45, 7) is 10.5. The van der Waals surface area contributed by atoms with Gasteiger partial charge in [-0.05, 0) is 78.0 Å². The predicted molar refractivity (Wildman–Crippen MR) is 172 cm³/mol. The van der Waals surface area contributed by atoms with Crippen LogP contribution in [0, 0.1) is 5.92 Å². The number of aliphatic hydroxyl groups is 1. The number of hydrogen-bond donors (Lipinski definition) is 4. The summed E-state index contributed by atoms with van der Waals surface area (Å²) in [5.41, 5.74) is 0.772. The van der Waals surface area contributed by atoms with Crippen LogP contribution in [0.3, 0.4) is 0 Å². The Labute approximate surface area is 263 Å². The number of hydrogen-bond acceptors (Lipinski definition) is 6. The molecular weight excluding hydrogens is 562 g/mol. The zero-order valence-electron chi connectivity index (χ0n) is 27.6. The summed E-state index contributed by atoms with van der Waals surface area (Å²) in [4.78, 5) is 43.0. The van der Waals surface area contributed by atoms with Crippen molar-refractivity contribution >= 4 is 23.7 Å². The molecule has 11 heteroatoms. The van der Waals surface area contributed by atoms with E-state index in [1.54, 1.807) is 42.0 Å². The first-order chi connectivity index (χ1) is 21.0. The molecule has 1 fully saturated rings. The maximum absolute atomic E-state index is 14.2. The lowest BCUT2D eigenvalue weighted by Crippen LogP contribution is -2.50. The second-order valence-electron chi connectivity index (χ2n) is 12.9. The van der Waals surface area contributed by atoms with Gasteiger partial charge in [0.25, 0.3) is 5.91 Å². The second kappa shape index (κ2) is 17.4. The van der Waals surface area contributed by atoms with Gasteiger partial charge in [0.1, 0.15) is 5.75 Å². The van der Waals surface area contributed by atoms with E-state index in [1.165, 1.54) is 6.42 Å². The standard InChI is InChI=1S/C33H55N5O6/c1-22(2)34-32(41)35-27-15-16-29-28(18-27)31(40)38(24(4)21-39)19-23(3)30(43-17-11-10-12-25(5)44-29)20-37(6)33(42)36-26-13-8-7-9-14-26/h15-16,18,22-26,30,39H,7-14,17,19-21H2,1-6H3,(H,36,42)(H2,34,35,41)/t23-,24+,25-,30+/m0/s1. The van der Waals surface area contributed by atoms with Gasteiger partial charge in [0.15, 0.2) is 0 Å². The molecule has 0 unspecified atom stereocenters. The Morgan fingerprint density at radius 2 is 1.77 bits per heavy atom. The second-order valence-corrected chi connectivity index (χ2v) is 12.9. The van der Waals surface area contributed by atoms with Crippen molar-refractivity contribution in [3.8, 4) is 5.75 Å². The van der Waals surface area contributed by atoms with Crippen LogP contribution in [0.5, 0.6) is 5.75 Å². The number of nitrogens with zero attached hydrogens (tertiary/aromatic N) is 2. The van der Waals surface area contributed by atoms with Gasteiger partial charge in [-0.25, -0.2) is 9.59 Å². The van der Waals surface area contributed by atoms with Gasteiger partial charge in [0.05, 0.1) is 30.4 Å². The molecule has 0 bridgehead atoms. The Kier molecular flexibility index (Phi) is 14.0. The van der Waals surface area contributed by atoms with Gasteiger partial charge in [-0.3, -0.25) is 4.79 Å². The van der Waals surface area contributed by atoms with E-state index >= 15 is 0 Å². The number of rotatable bonds is 7. The molecule has 1 saturated carbocycles. The quantitative estimate of drug-likeness (QED) is 0.341. The Bertz CT molecular complexity index is 1080. The van der Waals surface area contributed by atoms with Crippen molar-refractivity contribution in [1.29, 1.82) is 0 Å². The predicted octanol–water partition coefficient (Wildman–Crippen LogP) is 4.99. The Balaban J connectivity index is 1.86. The normalized spacial score (nSPS) is 23.1. The maximum Gasteiger partial charge on any atom is 0.319 e. The van der Waals surface area contributed by atoms with Crippen molar-refractivity contribution in [3.05, 3.63) is 23.8 Å². The number of benzene rings is 1. The summed E-state index contributed by atoms with van der Waals surface area (Å²) >= 11 is 0. The Morgan fingerprint density at radius 3 is 2.45 bits per heavy atom. The van der Waals surface area contributed by atoms with Crippen molar-refractivity contribution in [3.63, 3.8) is 0 Å². The van der Waals surface area contributed by atoms with E-state index in [4.69, 9.17) is 9.47 Å². The molecule has 44 heavy (non-hydrogen) atoms. The van der Waals surface area contributed by atoms with Gasteiger partial charge in [0.2, 0.25) is 0 Å². The zero-order chi connectivity index (χ0) is 32.2. The van der Waals surface area contributed by atoms with Crippen molar-refractivity contribution in [1.82, 2.24) is 20.4 Å². The minimum atomic E-state index is -0.489. The Hall–Kier alpha value is -3.05. The monoisotopic (exact) mass is 617 g/mol. The van der Waals surface area contributed by atoms with E-state index in [-0.39, 0.29) is 54.8 Å². The van der Waals surface area contributed by atoms with Crippen LogP contribution in [0.4, 0.5) is 15.3 Å². The molecule has 1 aliphatic carbocycles. The lowest BCUT2D eigenvalue weighted by atomic mass is 9.96. The SMILES string of the molecule is CC(C)NC(=O)Nc1ccc2c(c1)C(=O)N([C@H](C)CO)C[C@H](C)[C@@H](CN(C)C(=O)NC1CCCCC1)OCCCC[C@H](C)O2. The topological polar surface area (TPSA) is 132 Å². The van der Waals surface area contributed by atoms with Crippen molar-refractivity contribution < 1.29 is 29.0 Å². The third-order valence-electron chi connectivity index (χ3n) is 8.46. The maximum atomic E-state index is 14.2. The first-order valence-electron chi connectivity index (χ1n) is 16.4. The molecule has 3 rings (SSSR count). The molecule has 248 valence electrons. The van der Waals surface area contributed by atoms with E-state index in [0.717, 1.165) is 44.9 Å². The van der Waals surface area contributed by atoms with Crippen LogP contribution in [-0.2, 0) is 4.74 Å². The fourth-order valence-corrected chi connectivity index (χ4v) is 5.78. The lowest BCUT2D eigenvalue weighted by molar-refractivity contribution is -0.0123. The molecule has 1 aromatic carbocycles. The first-order valence-corrected chi connectivity index (χ1v) is 16.4. The van der Waals surface area contributed by atoms with Crippen LogP contribution in [0.15, 0.2) is 18.2 Å². The van der Waals surface area contributed by atoms with Crippen LogP contribution in [0.2, 0.25) is 0 Å². The highest BCUT2D eigenvalue weighted by Crippen LogP contribution is 2.28. The number of carbonyl (C=O) groups excluding carboxylic acids is 3. The molecular formula is C33H55N5O6. The summed E-state index contributed by atoms with van der Waals surface area (Å²) in [6.07, 6.45) is 7.54. The van der Waals surface area contributed by atoms with Gasteiger partial charge < -0.3 is 40.3 Å². The first kappa shape index (κ1) is 35.4. The summed E-state index contributed by atoms with van der Waals surface area (Å²) in [6, 6.07) is 4.28. The molecule has 0 saturated heterocycles. The van der Waals surface area contributed by atoms with E-state index < -0.39 is 6.04 Å². The molecule has 1 aliphatic heterocycles. The molecule has 0 aromatic heterocycles. The van der Waals surface area contributed by atoms with Crippen molar-refractivity contribution in [2.75, 3.05) is 38.7 Å². The molecule has 0 spiro atoms. The Morgan fingerprint density at radius 1 is 1.07 bits per heavy atom. The fourth-order valence-electron chi connectivity index (χ4n) is 5.78. The summed E-state index contributed by atoms with van der Waals surface area (Å²) in [5.74, 6) is -0.0287.